The van der Waals surface area contributed by atoms with Gasteiger partial charge in [0, 0.05) is 24.5 Å². The Labute approximate surface area is 159 Å². The van der Waals surface area contributed by atoms with Crippen molar-refractivity contribution in [1.29, 1.82) is 0 Å². The average molecular weight is 398 g/mol. The smallest absolute Gasteiger partial charge is 0.243 e. The molecule has 0 saturated carbocycles. The highest BCUT2D eigenvalue weighted by molar-refractivity contribution is 7.89. The van der Waals surface area contributed by atoms with Gasteiger partial charge in [-0.1, -0.05) is 32.4 Å². The number of benzene rings is 1. The lowest BCUT2D eigenvalue weighted by molar-refractivity contribution is 0.274. The highest BCUT2D eigenvalue weighted by atomic mass is 35.5. The summed E-state index contributed by atoms with van der Waals surface area (Å²) >= 11 is 5.86. The molecule has 6 nitrogen and oxygen atoms in total. The summed E-state index contributed by atoms with van der Waals surface area (Å²) in [5, 5.41) is 8.81. The maximum atomic E-state index is 12.9. The molecule has 0 spiro atoms. The Bertz CT molecular complexity index is 857. The first-order chi connectivity index (χ1) is 12.1. The minimum absolute atomic E-state index is 0.0559. The standard InChI is InChI=1S/C18H24ClN3O3S/c1-18(2,3)11-16-20-21-17(25-16)13-5-4-10-22(12-13)26(23,24)15-8-6-14(19)7-9-15/h6-9,13H,4-5,10-12H2,1-3H3. The first-order valence-electron chi connectivity index (χ1n) is 8.73. The normalized spacial score (nSPS) is 19.6. The Morgan fingerprint density at radius 1 is 1.23 bits per heavy atom. The van der Waals surface area contributed by atoms with Crippen LogP contribution >= 0.6 is 11.6 Å². The summed E-state index contributed by atoms with van der Waals surface area (Å²) in [6.07, 6.45) is 2.29. The van der Waals surface area contributed by atoms with E-state index in [0.717, 1.165) is 12.8 Å². The van der Waals surface area contributed by atoms with Crippen LogP contribution in [0.2, 0.25) is 5.02 Å². The molecule has 2 heterocycles. The van der Waals surface area contributed by atoms with Crippen molar-refractivity contribution in [2.24, 2.45) is 5.41 Å². The van der Waals surface area contributed by atoms with Gasteiger partial charge in [0.1, 0.15) is 0 Å². The lowest BCUT2D eigenvalue weighted by atomic mass is 9.92. The molecule has 8 heteroatoms. The van der Waals surface area contributed by atoms with Crippen molar-refractivity contribution in [2.75, 3.05) is 13.1 Å². The Morgan fingerprint density at radius 3 is 2.58 bits per heavy atom. The fourth-order valence-electron chi connectivity index (χ4n) is 3.07. The number of nitrogens with zero attached hydrogens (tertiary/aromatic N) is 3. The number of sulfonamides is 1. The second-order valence-corrected chi connectivity index (χ2v) is 10.3. The van der Waals surface area contributed by atoms with Crippen molar-refractivity contribution in [1.82, 2.24) is 14.5 Å². The van der Waals surface area contributed by atoms with E-state index in [1.54, 1.807) is 12.1 Å². The van der Waals surface area contributed by atoms with Crippen molar-refractivity contribution >= 4 is 21.6 Å². The summed E-state index contributed by atoms with van der Waals surface area (Å²) in [6, 6.07) is 6.25. The van der Waals surface area contributed by atoms with Gasteiger partial charge in [-0.25, -0.2) is 8.42 Å². The summed E-state index contributed by atoms with van der Waals surface area (Å²) in [7, 11) is -3.56. The second-order valence-electron chi connectivity index (χ2n) is 7.93. The molecule has 1 fully saturated rings. The third-order valence-corrected chi connectivity index (χ3v) is 6.48. The first-order valence-corrected chi connectivity index (χ1v) is 10.5. The Kier molecular flexibility index (Phi) is 5.42. The summed E-state index contributed by atoms with van der Waals surface area (Å²) in [5.74, 6) is 1.05. The minimum Gasteiger partial charge on any atom is -0.425 e. The van der Waals surface area contributed by atoms with Crippen LogP contribution in [-0.4, -0.2) is 36.0 Å². The molecule has 1 saturated heterocycles. The summed E-state index contributed by atoms with van der Waals surface area (Å²) < 4.78 is 33.1. The lowest BCUT2D eigenvalue weighted by Crippen LogP contribution is -2.39. The molecule has 1 aromatic heterocycles. The molecule has 0 radical (unpaired) electrons. The fraction of sp³-hybridized carbons (Fsp3) is 0.556. The van der Waals surface area contributed by atoms with E-state index in [2.05, 4.69) is 31.0 Å². The minimum atomic E-state index is -3.56. The van der Waals surface area contributed by atoms with Crippen LogP contribution in [0.5, 0.6) is 0 Å². The molecule has 0 N–H and O–H groups in total. The van der Waals surface area contributed by atoms with Gasteiger partial charge < -0.3 is 4.42 Å². The van der Waals surface area contributed by atoms with Gasteiger partial charge in [0.2, 0.25) is 21.8 Å². The van der Waals surface area contributed by atoms with Gasteiger partial charge in [-0.3, -0.25) is 0 Å². The molecule has 1 atom stereocenters. The Balaban J connectivity index is 1.76. The third kappa shape index (κ3) is 4.45. The van der Waals surface area contributed by atoms with E-state index in [-0.39, 0.29) is 16.2 Å². The number of aromatic nitrogens is 2. The Hall–Kier alpha value is -1.44. The van der Waals surface area contributed by atoms with Gasteiger partial charge in [-0.15, -0.1) is 10.2 Å². The topological polar surface area (TPSA) is 76.3 Å². The molecular weight excluding hydrogens is 374 g/mol. The van der Waals surface area contributed by atoms with Crippen LogP contribution in [0.3, 0.4) is 0 Å². The summed E-state index contributed by atoms with van der Waals surface area (Å²) in [5.41, 5.74) is 0.0559. The zero-order chi connectivity index (χ0) is 18.9. The van der Waals surface area contributed by atoms with E-state index in [0.29, 0.717) is 36.3 Å². The van der Waals surface area contributed by atoms with E-state index in [1.807, 2.05) is 0 Å². The van der Waals surface area contributed by atoms with Crippen molar-refractivity contribution in [3.8, 4) is 0 Å². The average Bonchev–Trinajstić information content (AvgIpc) is 3.02. The molecule has 0 aliphatic carbocycles. The molecular formula is C18H24ClN3O3S. The molecule has 1 unspecified atom stereocenters. The molecule has 3 rings (SSSR count). The number of halogens is 1. The van der Waals surface area contributed by atoms with Crippen LogP contribution in [0.15, 0.2) is 33.6 Å². The number of hydrogen-bond donors (Lipinski definition) is 0. The van der Waals surface area contributed by atoms with Crippen LogP contribution < -0.4 is 0 Å². The predicted molar refractivity (Wildman–Crippen MR) is 99.6 cm³/mol. The van der Waals surface area contributed by atoms with E-state index in [1.165, 1.54) is 16.4 Å². The van der Waals surface area contributed by atoms with Crippen molar-refractivity contribution in [3.05, 3.63) is 41.1 Å². The highest BCUT2D eigenvalue weighted by Crippen LogP contribution is 2.31. The highest BCUT2D eigenvalue weighted by Gasteiger charge is 2.33. The summed E-state index contributed by atoms with van der Waals surface area (Å²) in [4.78, 5) is 0.251. The lowest BCUT2D eigenvalue weighted by Gasteiger charge is -2.30. The van der Waals surface area contributed by atoms with Gasteiger partial charge in [0.25, 0.3) is 0 Å². The van der Waals surface area contributed by atoms with Crippen molar-refractivity contribution < 1.29 is 12.8 Å². The van der Waals surface area contributed by atoms with Crippen LogP contribution in [0.1, 0.15) is 51.3 Å². The monoisotopic (exact) mass is 397 g/mol. The van der Waals surface area contributed by atoms with Gasteiger partial charge in [-0.05, 0) is 42.5 Å². The van der Waals surface area contributed by atoms with Crippen molar-refractivity contribution in [3.63, 3.8) is 0 Å². The van der Waals surface area contributed by atoms with Crippen LogP contribution in [0.4, 0.5) is 0 Å². The van der Waals surface area contributed by atoms with Gasteiger partial charge in [-0.2, -0.15) is 4.31 Å². The second kappa shape index (κ2) is 7.29. The first kappa shape index (κ1) is 19.3. The van der Waals surface area contributed by atoms with E-state index >= 15 is 0 Å². The zero-order valence-corrected chi connectivity index (χ0v) is 16.8. The molecule has 2 aromatic rings. The molecule has 142 valence electrons. The molecule has 1 aliphatic heterocycles. The number of hydrogen-bond acceptors (Lipinski definition) is 5. The van der Waals surface area contributed by atoms with Crippen molar-refractivity contribution in [2.45, 2.75) is 50.8 Å². The summed E-state index contributed by atoms with van der Waals surface area (Å²) in [6.45, 7) is 7.17. The van der Waals surface area contributed by atoms with Gasteiger partial charge >= 0.3 is 0 Å². The molecule has 0 amide bonds. The van der Waals surface area contributed by atoms with Crippen LogP contribution in [-0.2, 0) is 16.4 Å². The molecule has 1 aliphatic rings. The fourth-order valence-corrected chi connectivity index (χ4v) is 4.72. The zero-order valence-electron chi connectivity index (χ0n) is 15.3. The number of piperidine rings is 1. The van der Waals surface area contributed by atoms with E-state index in [9.17, 15) is 8.42 Å². The van der Waals surface area contributed by atoms with E-state index < -0.39 is 10.0 Å². The van der Waals surface area contributed by atoms with Crippen LogP contribution in [0, 0.1) is 5.41 Å². The molecule has 1 aromatic carbocycles. The van der Waals surface area contributed by atoms with Crippen LogP contribution in [0.25, 0.3) is 0 Å². The maximum absolute atomic E-state index is 12.9. The van der Waals surface area contributed by atoms with E-state index in [4.69, 9.17) is 16.0 Å². The van der Waals surface area contributed by atoms with Gasteiger partial charge in [0.05, 0.1) is 10.8 Å². The van der Waals surface area contributed by atoms with Gasteiger partial charge in [0.15, 0.2) is 0 Å². The largest absolute Gasteiger partial charge is 0.425 e. The number of rotatable bonds is 4. The SMILES string of the molecule is CC(C)(C)Cc1nnc(C2CCCN(S(=O)(=O)c3ccc(Cl)cc3)C2)o1. The molecule has 26 heavy (non-hydrogen) atoms. The maximum Gasteiger partial charge on any atom is 0.243 e. The quantitative estimate of drug-likeness (QED) is 0.782. The predicted octanol–water partition coefficient (Wildman–Crippen LogP) is 3.88. The Morgan fingerprint density at radius 2 is 1.92 bits per heavy atom. The molecule has 0 bridgehead atoms. The third-order valence-electron chi connectivity index (χ3n) is 4.35.